The third kappa shape index (κ3) is 5.14. The molecule has 0 saturated carbocycles. The van der Waals surface area contributed by atoms with Gasteiger partial charge in [-0.1, -0.05) is 26.5 Å². The maximum atomic E-state index is 5.45. The van der Waals surface area contributed by atoms with Gasteiger partial charge in [0.25, 0.3) is 0 Å². The molecule has 1 saturated heterocycles. The topological polar surface area (TPSA) is 46.2 Å². The molecule has 0 spiro atoms. The number of rotatable bonds is 7. The molecule has 0 amide bonds. The third-order valence-electron chi connectivity index (χ3n) is 5.61. The summed E-state index contributed by atoms with van der Waals surface area (Å²) in [7, 11) is 0. The summed E-state index contributed by atoms with van der Waals surface area (Å²) in [6.07, 6.45) is 4.18. The number of hydrogen-bond acceptors (Lipinski definition) is 4. The maximum absolute atomic E-state index is 5.45. The Morgan fingerprint density at radius 1 is 1.18 bits per heavy atom. The van der Waals surface area contributed by atoms with Crippen molar-refractivity contribution in [2.75, 3.05) is 25.1 Å². The lowest BCUT2D eigenvalue weighted by atomic mass is 9.96. The lowest BCUT2D eigenvalue weighted by molar-refractivity contribution is 0.0674. The number of pyridine rings is 1. The largest absolute Gasteiger partial charge is 0.385 e. The molecular formula is C24H33N3O. The lowest BCUT2D eigenvalue weighted by Gasteiger charge is -2.24. The van der Waals surface area contributed by atoms with E-state index in [9.17, 15) is 0 Å². The summed E-state index contributed by atoms with van der Waals surface area (Å²) in [5.74, 6) is 1.92. The molecule has 1 aliphatic rings. The van der Waals surface area contributed by atoms with Gasteiger partial charge in [-0.15, -0.1) is 0 Å². The van der Waals surface area contributed by atoms with E-state index in [0.717, 1.165) is 55.4 Å². The highest BCUT2D eigenvalue weighted by Crippen LogP contribution is 2.27. The van der Waals surface area contributed by atoms with Gasteiger partial charge in [-0.3, -0.25) is 0 Å². The predicted octanol–water partition coefficient (Wildman–Crippen LogP) is 5.55. The first-order valence-corrected chi connectivity index (χ1v) is 10.3. The fraction of sp³-hybridized carbons (Fsp3) is 0.458. The van der Waals surface area contributed by atoms with Crippen LogP contribution in [0, 0.1) is 19.8 Å². The Morgan fingerprint density at radius 3 is 2.61 bits per heavy atom. The molecule has 1 aromatic heterocycles. The van der Waals surface area contributed by atoms with Gasteiger partial charge >= 0.3 is 0 Å². The molecule has 1 aliphatic heterocycles. The molecular weight excluding hydrogens is 346 g/mol. The molecule has 2 N–H and O–H groups in total. The number of ether oxygens (including phenoxy) is 1. The average molecular weight is 380 g/mol. The van der Waals surface area contributed by atoms with Crippen LogP contribution in [0.5, 0.6) is 0 Å². The number of nitrogens with one attached hydrogen (secondary N) is 2. The van der Waals surface area contributed by atoms with Crippen molar-refractivity contribution in [2.45, 2.75) is 46.5 Å². The Hall–Kier alpha value is -2.33. The first-order valence-electron chi connectivity index (χ1n) is 10.3. The van der Waals surface area contributed by atoms with E-state index in [1.54, 1.807) is 0 Å². The van der Waals surface area contributed by atoms with Gasteiger partial charge in [0.15, 0.2) is 0 Å². The van der Waals surface area contributed by atoms with E-state index in [2.05, 4.69) is 74.2 Å². The minimum Gasteiger partial charge on any atom is -0.385 e. The van der Waals surface area contributed by atoms with Crippen LogP contribution in [-0.2, 0) is 4.74 Å². The van der Waals surface area contributed by atoms with Crippen LogP contribution in [0.4, 0.5) is 11.5 Å². The maximum Gasteiger partial charge on any atom is 0.130 e. The first kappa shape index (κ1) is 20.4. The Labute approximate surface area is 169 Å². The zero-order valence-corrected chi connectivity index (χ0v) is 17.6. The van der Waals surface area contributed by atoms with E-state index in [4.69, 9.17) is 4.74 Å². The average Bonchev–Trinajstić information content (AvgIpc) is 2.69. The summed E-state index contributed by atoms with van der Waals surface area (Å²) < 4.78 is 5.45. The highest BCUT2D eigenvalue weighted by atomic mass is 16.5. The van der Waals surface area contributed by atoms with Crippen LogP contribution < -0.4 is 10.6 Å². The van der Waals surface area contributed by atoms with E-state index in [0.29, 0.717) is 11.8 Å². The van der Waals surface area contributed by atoms with Crippen molar-refractivity contribution in [1.82, 2.24) is 10.3 Å². The highest BCUT2D eigenvalue weighted by molar-refractivity contribution is 5.68. The predicted molar refractivity (Wildman–Crippen MR) is 118 cm³/mol. The van der Waals surface area contributed by atoms with Crippen molar-refractivity contribution >= 4 is 17.2 Å². The molecule has 2 heterocycles. The summed E-state index contributed by atoms with van der Waals surface area (Å²) >= 11 is 0. The van der Waals surface area contributed by atoms with Crippen LogP contribution >= 0.6 is 0 Å². The summed E-state index contributed by atoms with van der Waals surface area (Å²) in [6, 6.07) is 8.55. The number of aryl methyl sites for hydroxylation is 2. The van der Waals surface area contributed by atoms with E-state index < -0.39 is 0 Å². The Balaban J connectivity index is 1.72. The number of benzene rings is 1. The molecule has 0 unspecified atom stereocenters. The Kier molecular flexibility index (Phi) is 6.74. The molecule has 1 fully saturated rings. The second-order valence-electron chi connectivity index (χ2n) is 8.15. The standard InChI is InChI=1S/C24H33N3O/c1-16(2)22-13-24(27-21-7-6-17(3)18(4)12-21)26-15-23(22)19(5)25-14-20-8-10-28-11-9-20/h6-7,12-13,15-16,20,25H,5,8-11,14H2,1-4H3,(H,26,27). The van der Waals surface area contributed by atoms with Crippen LogP contribution in [0.25, 0.3) is 5.70 Å². The van der Waals surface area contributed by atoms with Crippen molar-refractivity contribution in [3.63, 3.8) is 0 Å². The number of nitrogens with zero attached hydrogens (tertiary/aromatic N) is 1. The molecule has 150 valence electrons. The number of aromatic nitrogens is 1. The van der Waals surface area contributed by atoms with Gasteiger partial charge in [0, 0.05) is 42.9 Å². The zero-order chi connectivity index (χ0) is 20.1. The minimum atomic E-state index is 0.389. The Bertz CT molecular complexity index is 823. The van der Waals surface area contributed by atoms with Gasteiger partial charge in [-0.25, -0.2) is 4.98 Å². The smallest absolute Gasteiger partial charge is 0.130 e. The first-order chi connectivity index (χ1) is 13.4. The molecule has 0 bridgehead atoms. The monoisotopic (exact) mass is 379 g/mol. The van der Waals surface area contributed by atoms with Gasteiger partial charge in [0.05, 0.1) is 0 Å². The van der Waals surface area contributed by atoms with E-state index >= 15 is 0 Å². The molecule has 0 aliphatic carbocycles. The van der Waals surface area contributed by atoms with Gasteiger partial charge in [-0.05, 0) is 73.4 Å². The molecule has 3 rings (SSSR count). The molecule has 28 heavy (non-hydrogen) atoms. The zero-order valence-electron chi connectivity index (χ0n) is 17.6. The molecule has 1 aromatic carbocycles. The van der Waals surface area contributed by atoms with Crippen LogP contribution in [0.3, 0.4) is 0 Å². The van der Waals surface area contributed by atoms with Crippen molar-refractivity contribution < 1.29 is 4.74 Å². The summed E-state index contributed by atoms with van der Waals surface area (Å²) in [4.78, 5) is 4.65. The second-order valence-corrected chi connectivity index (χ2v) is 8.15. The fourth-order valence-corrected chi connectivity index (χ4v) is 3.55. The van der Waals surface area contributed by atoms with Gasteiger partial charge in [-0.2, -0.15) is 0 Å². The summed E-state index contributed by atoms with van der Waals surface area (Å²) in [5, 5.41) is 6.98. The Morgan fingerprint density at radius 2 is 1.93 bits per heavy atom. The fourth-order valence-electron chi connectivity index (χ4n) is 3.55. The van der Waals surface area contributed by atoms with Crippen LogP contribution in [0.1, 0.15) is 54.9 Å². The second kappa shape index (κ2) is 9.24. The molecule has 4 nitrogen and oxygen atoms in total. The van der Waals surface area contributed by atoms with Gasteiger partial charge in [0.2, 0.25) is 0 Å². The third-order valence-corrected chi connectivity index (χ3v) is 5.61. The number of anilines is 2. The highest BCUT2D eigenvalue weighted by Gasteiger charge is 2.16. The van der Waals surface area contributed by atoms with Crippen molar-refractivity contribution in [1.29, 1.82) is 0 Å². The minimum absolute atomic E-state index is 0.389. The molecule has 2 aromatic rings. The van der Waals surface area contributed by atoms with Crippen molar-refractivity contribution in [3.05, 3.63) is 59.3 Å². The quantitative estimate of drug-likeness (QED) is 0.662. The summed E-state index contributed by atoms with van der Waals surface area (Å²) in [6.45, 7) is 15.7. The lowest BCUT2D eigenvalue weighted by Crippen LogP contribution is -2.27. The van der Waals surface area contributed by atoms with E-state index in [-0.39, 0.29) is 0 Å². The van der Waals surface area contributed by atoms with Crippen LogP contribution in [0.2, 0.25) is 0 Å². The number of hydrogen-bond donors (Lipinski definition) is 2. The SMILES string of the molecule is C=C(NCC1CCOCC1)c1cnc(Nc2ccc(C)c(C)c2)cc1C(C)C. The summed E-state index contributed by atoms with van der Waals surface area (Å²) in [5.41, 5.74) is 6.95. The molecule has 0 atom stereocenters. The van der Waals surface area contributed by atoms with E-state index in [1.807, 2.05) is 6.20 Å². The van der Waals surface area contributed by atoms with Gasteiger partial charge < -0.3 is 15.4 Å². The molecule has 4 heteroatoms. The van der Waals surface area contributed by atoms with Crippen molar-refractivity contribution in [2.24, 2.45) is 5.92 Å². The normalized spacial score (nSPS) is 14.9. The van der Waals surface area contributed by atoms with Crippen molar-refractivity contribution in [3.8, 4) is 0 Å². The van der Waals surface area contributed by atoms with E-state index in [1.165, 1.54) is 16.7 Å². The molecule has 0 radical (unpaired) electrons. The van der Waals surface area contributed by atoms with Crippen LogP contribution in [-0.4, -0.2) is 24.7 Å². The van der Waals surface area contributed by atoms with Crippen LogP contribution in [0.15, 0.2) is 37.0 Å². The van der Waals surface area contributed by atoms with Gasteiger partial charge in [0.1, 0.15) is 5.82 Å².